The van der Waals surface area contributed by atoms with Crippen LogP contribution >= 0.6 is 0 Å². The zero-order chi connectivity index (χ0) is 18.3. The third-order valence-corrected chi connectivity index (χ3v) is 2.94. The third-order valence-electron chi connectivity index (χ3n) is 2.94. The number of esters is 3. The van der Waals surface area contributed by atoms with Gasteiger partial charge in [-0.3, -0.25) is 9.59 Å². The number of carbonyl (C=O) groups excluding carboxylic acids is 4. The molecule has 8 nitrogen and oxygen atoms in total. The number of benzene rings is 1. The first-order valence-electron chi connectivity index (χ1n) is 7.07. The second kappa shape index (κ2) is 8.66. The van der Waals surface area contributed by atoms with Gasteiger partial charge < -0.3 is 19.5 Å². The molecule has 0 fully saturated rings. The van der Waals surface area contributed by atoms with Crippen molar-refractivity contribution in [3.8, 4) is 0 Å². The molecule has 0 aromatic heterocycles. The molecular weight excluding hydrogens is 318 g/mol. The molecule has 1 rings (SSSR count). The number of nitrogens with one attached hydrogen (secondary N) is 1. The SMILES string of the molecule is COC(=O)c1ccc(C(=O)OC)c(NC(=O)COC(=O)C(C)C)c1. The van der Waals surface area contributed by atoms with Gasteiger partial charge in [-0.1, -0.05) is 13.8 Å². The third kappa shape index (κ3) is 5.08. The molecule has 0 heterocycles. The molecule has 0 atom stereocenters. The summed E-state index contributed by atoms with van der Waals surface area (Å²) in [5.41, 5.74) is 0.240. The van der Waals surface area contributed by atoms with E-state index in [4.69, 9.17) is 4.74 Å². The molecule has 1 amide bonds. The van der Waals surface area contributed by atoms with Crippen molar-refractivity contribution in [2.75, 3.05) is 26.1 Å². The largest absolute Gasteiger partial charge is 0.465 e. The summed E-state index contributed by atoms with van der Waals surface area (Å²) >= 11 is 0. The van der Waals surface area contributed by atoms with E-state index in [1.54, 1.807) is 13.8 Å². The molecule has 0 aliphatic rings. The van der Waals surface area contributed by atoms with Crippen LogP contribution in [0.1, 0.15) is 34.6 Å². The van der Waals surface area contributed by atoms with E-state index in [1.165, 1.54) is 32.4 Å². The van der Waals surface area contributed by atoms with E-state index >= 15 is 0 Å². The fourth-order valence-corrected chi connectivity index (χ4v) is 1.67. The number of anilines is 1. The van der Waals surface area contributed by atoms with Gasteiger partial charge in [-0.05, 0) is 18.2 Å². The van der Waals surface area contributed by atoms with Gasteiger partial charge >= 0.3 is 17.9 Å². The van der Waals surface area contributed by atoms with Crippen molar-refractivity contribution in [1.82, 2.24) is 0 Å². The maximum absolute atomic E-state index is 11.9. The second-order valence-electron chi connectivity index (χ2n) is 5.05. The highest BCUT2D eigenvalue weighted by molar-refractivity contribution is 6.04. The summed E-state index contributed by atoms with van der Waals surface area (Å²) in [5.74, 6) is -2.88. The van der Waals surface area contributed by atoms with Gasteiger partial charge in [0.2, 0.25) is 0 Å². The van der Waals surface area contributed by atoms with Crippen molar-refractivity contribution < 1.29 is 33.4 Å². The highest BCUT2D eigenvalue weighted by Crippen LogP contribution is 2.19. The molecule has 0 bridgehead atoms. The molecule has 0 radical (unpaired) electrons. The first-order chi connectivity index (χ1) is 11.3. The lowest BCUT2D eigenvalue weighted by atomic mass is 10.1. The average molecular weight is 337 g/mol. The lowest BCUT2D eigenvalue weighted by Crippen LogP contribution is -2.24. The van der Waals surface area contributed by atoms with Crippen LogP contribution in [0, 0.1) is 5.92 Å². The summed E-state index contributed by atoms with van der Waals surface area (Å²) in [4.78, 5) is 46.6. The van der Waals surface area contributed by atoms with Gasteiger partial charge in [0.1, 0.15) is 0 Å². The monoisotopic (exact) mass is 337 g/mol. The van der Waals surface area contributed by atoms with E-state index in [0.717, 1.165) is 0 Å². The minimum absolute atomic E-state index is 0.0497. The highest BCUT2D eigenvalue weighted by atomic mass is 16.5. The van der Waals surface area contributed by atoms with Crippen LogP contribution in [0.2, 0.25) is 0 Å². The Labute approximate surface area is 139 Å². The first kappa shape index (κ1) is 19.1. The second-order valence-corrected chi connectivity index (χ2v) is 5.05. The molecular formula is C16H19NO7. The summed E-state index contributed by atoms with van der Waals surface area (Å²) in [7, 11) is 2.40. The topological polar surface area (TPSA) is 108 Å². The van der Waals surface area contributed by atoms with E-state index in [1.807, 2.05) is 0 Å². The molecule has 0 aliphatic carbocycles. The molecule has 0 aliphatic heterocycles. The molecule has 130 valence electrons. The van der Waals surface area contributed by atoms with E-state index in [9.17, 15) is 19.2 Å². The predicted octanol–water partition coefficient (Wildman–Crippen LogP) is 1.40. The highest BCUT2D eigenvalue weighted by Gasteiger charge is 2.18. The maximum Gasteiger partial charge on any atom is 0.339 e. The first-order valence-corrected chi connectivity index (χ1v) is 7.07. The number of methoxy groups -OCH3 is 2. The number of amides is 1. The number of hydrogen-bond acceptors (Lipinski definition) is 7. The Kier molecular flexibility index (Phi) is 6.91. The maximum atomic E-state index is 11.9. The van der Waals surface area contributed by atoms with Crippen molar-refractivity contribution in [3.05, 3.63) is 29.3 Å². The summed E-state index contributed by atoms with van der Waals surface area (Å²) in [6.45, 7) is 2.75. The van der Waals surface area contributed by atoms with Crippen molar-refractivity contribution in [1.29, 1.82) is 0 Å². The Morgan fingerprint density at radius 1 is 1.04 bits per heavy atom. The summed E-state index contributed by atoms with van der Waals surface area (Å²) in [6.07, 6.45) is 0. The van der Waals surface area contributed by atoms with Crippen molar-refractivity contribution in [3.63, 3.8) is 0 Å². The van der Waals surface area contributed by atoms with Gasteiger partial charge in [-0.15, -0.1) is 0 Å². The molecule has 8 heteroatoms. The molecule has 24 heavy (non-hydrogen) atoms. The van der Waals surface area contributed by atoms with Crippen LogP contribution in [0.25, 0.3) is 0 Å². The zero-order valence-corrected chi connectivity index (χ0v) is 13.9. The zero-order valence-electron chi connectivity index (χ0n) is 13.9. The molecule has 0 saturated carbocycles. The van der Waals surface area contributed by atoms with E-state index in [2.05, 4.69) is 14.8 Å². The average Bonchev–Trinajstić information content (AvgIpc) is 2.57. The fourth-order valence-electron chi connectivity index (χ4n) is 1.67. The number of carbonyl (C=O) groups is 4. The van der Waals surface area contributed by atoms with Crippen LogP contribution in [-0.2, 0) is 23.8 Å². The van der Waals surface area contributed by atoms with Crippen LogP contribution in [0.5, 0.6) is 0 Å². The number of rotatable bonds is 6. The Morgan fingerprint density at radius 2 is 1.67 bits per heavy atom. The van der Waals surface area contributed by atoms with Crippen molar-refractivity contribution in [2.24, 2.45) is 5.92 Å². The van der Waals surface area contributed by atoms with Gasteiger partial charge in [0, 0.05) is 0 Å². The minimum Gasteiger partial charge on any atom is -0.465 e. The van der Waals surface area contributed by atoms with Crippen LogP contribution in [0.15, 0.2) is 18.2 Å². The Hall–Kier alpha value is -2.90. The molecule has 0 spiro atoms. The lowest BCUT2D eigenvalue weighted by Gasteiger charge is -2.12. The minimum atomic E-state index is -0.694. The summed E-state index contributed by atoms with van der Waals surface area (Å²) in [6, 6.07) is 3.97. The van der Waals surface area contributed by atoms with Crippen molar-refractivity contribution in [2.45, 2.75) is 13.8 Å². The van der Waals surface area contributed by atoms with Crippen LogP contribution in [-0.4, -0.2) is 44.6 Å². The van der Waals surface area contributed by atoms with Crippen molar-refractivity contribution >= 4 is 29.5 Å². The standard InChI is InChI=1S/C16H19NO7/c1-9(2)14(19)24-8-13(18)17-12-7-10(15(20)22-3)5-6-11(12)16(21)23-4/h5-7,9H,8H2,1-4H3,(H,17,18). The lowest BCUT2D eigenvalue weighted by molar-refractivity contribution is -0.150. The van der Waals surface area contributed by atoms with E-state index < -0.39 is 30.4 Å². The summed E-state index contributed by atoms with van der Waals surface area (Å²) in [5, 5.41) is 2.41. The predicted molar refractivity (Wildman–Crippen MR) is 83.5 cm³/mol. The Balaban J connectivity index is 2.97. The molecule has 0 unspecified atom stereocenters. The normalized spacial score (nSPS) is 10.0. The van der Waals surface area contributed by atoms with E-state index in [-0.39, 0.29) is 22.7 Å². The fraction of sp³-hybridized carbons (Fsp3) is 0.375. The van der Waals surface area contributed by atoms with E-state index in [0.29, 0.717) is 0 Å². The number of hydrogen-bond donors (Lipinski definition) is 1. The van der Waals surface area contributed by atoms with Crippen LogP contribution in [0.3, 0.4) is 0 Å². The molecule has 1 N–H and O–H groups in total. The smallest absolute Gasteiger partial charge is 0.339 e. The quantitative estimate of drug-likeness (QED) is 0.617. The van der Waals surface area contributed by atoms with Gasteiger partial charge in [-0.25, -0.2) is 9.59 Å². The van der Waals surface area contributed by atoms with Gasteiger partial charge in [0.05, 0.1) is 37.0 Å². The van der Waals surface area contributed by atoms with Gasteiger partial charge in [0.15, 0.2) is 6.61 Å². The van der Waals surface area contributed by atoms with Crippen LogP contribution in [0.4, 0.5) is 5.69 Å². The molecule has 1 aromatic carbocycles. The summed E-state index contributed by atoms with van der Waals surface area (Å²) < 4.78 is 14.0. The van der Waals surface area contributed by atoms with Gasteiger partial charge in [0.25, 0.3) is 5.91 Å². The Morgan fingerprint density at radius 3 is 2.21 bits per heavy atom. The van der Waals surface area contributed by atoms with Crippen LogP contribution < -0.4 is 5.32 Å². The molecule has 0 saturated heterocycles. The molecule has 1 aromatic rings. The van der Waals surface area contributed by atoms with Gasteiger partial charge in [-0.2, -0.15) is 0 Å². The number of ether oxygens (including phenoxy) is 3. The Bertz CT molecular complexity index is 652.